The number of carbonyl (C=O) groups excluding carboxylic acids is 2. The van der Waals surface area contributed by atoms with Crippen LogP contribution in [-0.4, -0.2) is 44.4 Å². The summed E-state index contributed by atoms with van der Waals surface area (Å²) >= 11 is 0. The molecule has 1 N–H and O–H groups in total. The predicted octanol–water partition coefficient (Wildman–Crippen LogP) is 6.05. The van der Waals surface area contributed by atoms with Crippen LogP contribution in [0.1, 0.15) is 69.0 Å². The van der Waals surface area contributed by atoms with Crippen LogP contribution in [0.4, 0.5) is 0 Å². The molecule has 8 heteroatoms. The molecule has 1 aliphatic heterocycles. The topological polar surface area (TPSA) is 92.8 Å². The smallest absolute Gasteiger partial charge is 0.306 e. The fourth-order valence-electron chi connectivity index (χ4n) is 6.20. The van der Waals surface area contributed by atoms with Crippen LogP contribution >= 0.6 is 0 Å². The summed E-state index contributed by atoms with van der Waals surface area (Å²) in [6, 6.07) is 25.0. The Morgan fingerprint density at radius 1 is 0.857 bits per heavy atom. The molecule has 42 heavy (non-hydrogen) atoms. The summed E-state index contributed by atoms with van der Waals surface area (Å²) in [5, 5.41) is 0. The van der Waals surface area contributed by atoms with Crippen molar-refractivity contribution in [2.45, 2.75) is 75.3 Å². The first-order valence-electron chi connectivity index (χ1n) is 15.1. The average Bonchev–Trinajstić information content (AvgIpc) is 3.51. The van der Waals surface area contributed by atoms with Gasteiger partial charge in [-0.2, -0.15) is 0 Å². The highest BCUT2D eigenvalue weighted by atomic mass is 32.2. The Kier molecular flexibility index (Phi) is 9.75. The lowest BCUT2D eigenvalue weighted by Crippen LogP contribution is -2.42. The molecule has 1 amide bonds. The standard InChI is InChI=1S/C34H40N2O5S/c1-2-41-33(37)23-12-25-10-13-26(14-11-25)27-17-21-31(22-18-27)42(39,40)35-30-19-15-29(16-20-30)34(38)36-24-6-9-32(36)28-7-4-3-5-8-28/h3-5,7-8,10-11,13-14,17-18,21-22,29-30,32,35H,2,6,9,12,15-16,19-20,23-24H2,1H3. The third-order valence-electron chi connectivity index (χ3n) is 8.49. The highest BCUT2D eigenvalue weighted by Crippen LogP contribution is 2.36. The molecule has 7 nitrogen and oxygen atoms in total. The number of carbonyl (C=O) groups is 2. The van der Waals surface area contributed by atoms with E-state index in [0.717, 1.165) is 36.1 Å². The Hall–Kier alpha value is -3.49. The van der Waals surface area contributed by atoms with Gasteiger partial charge in [0, 0.05) is 24.9 Å². The van der Waals surface area contributed by atoms with Crippen molar-refractivity contribution in [1.82, 2.24) is 9.62 Å². The second-order valence-electron chi connectivity index (χ2n) is 11.3. The molecule has 3 aromatic rings. The highest BCUT2D eigenvalue weighted by molar-refractivity contribution is 7.89. The molecule has 0 spiro atoms. The molecule has 1 atom stereocenters. The van der Waals surface area contributed by atoms with Crippen LogP contribution in [0.15, 0.2) is 83.8 Å². The third-order valence-corrected chi connectivity index (χ3v) is 10.0. The number of nitrogens with one attached hydrogen (secondary N) is 1. The quantitative estimate of drug-likeness (QED) is 0.291. The maximum atomic E-state index is 13.4. The molecular formula is C34H40N2O5S. The number of amides is 1. The Morgan fingerprint density at radius 3 is 2.14 bits per heavy atom. The van der Waals surface area contributed by atoms with E-state index >= 15 is 0 Å². The number of rotatable bonds is 10. The highest BCUT2D eigenvalue weighted by Gasteiger charge is 2.36. The van der Waals surface area contributed by atoms with Gasteiger partial charge < -0.3 is 9.64 Å². The number of benzene rings is 3. The summed E-state index contributed by atoms with van der Waals surface area (Å²) in [6.07, 6.45) is 5.66. The van der Waals surface area contributed by atoms with Crippen molar-refractivity contribution in [3.8, 4) is 11.1 Å². The van der Waals surface area contributed by atoms with E-state index in [2.05, 4.69) is 16.9 Å². The predicted molar refractivity (Wildman–Crippen MR) is 163 cm³/mol. The second kappa shape index (κ2) is 13.7. The Labute approximate surface area is 249 Å². The maximum absolute atomic E-state index is 13.4. The van der Waals surface area contributed by atoms with Crippen LogP contribution in [0.2, 0.25) is 0 Å². The molecule has 2 aliphatic rings. The van der Waals surface area contributed by atoms with Crippen molar-refractivity contribution in [3.63, 3.8) is 0 Å². The molecule has 1 saturated carbocycles. The van der Waals surface area contributed by atoms with Crippen molar-refractivity contribution in [2.24, 2.45) is 5.92 Å². The number of hydrogen-bond acceptors (Lipinski definition) is 5. The van der Waals surface area contributed by atoms with Gasteiger partial charge in [-0.1, -0.05) is 66.7 Å². The number of sulfonamides is 1. The lowest BCUT2D eigenvalue weighted by atomic mass is 9.85. The zero-order valence-electron chi connectivity index (χ0n) is 24.2. The van der Waals surface area contributed by atoms with Gasteiger partial charge in [0.1, 0.15) is 0 Å². The molecule has 1 heterocycles. The van der Waals surface area contributed by atoms with Crippen LogP contribution in [0.5, 0.6) is 0 Å². The molecule has 1 saturated heterocycles. The summed E-state index contributed by atoms with van der Waals surface area (Å²) in [4.78, 5) is 27.3. The van der Waals surface area contributed by atoms with Crippen molar-refractivity contribution < 1.29 is 22.7 Å². The van der Waals surface area contributed by atoms with Crippen molar-refractivity contribution in [1.29, 1.82) is 0 Å². The van der Waals surface area contributed by atoms with Crippen LogP contribution < -0.4 is 4.72 Å². The van der Waals surface area contributed by atoms with Crippen molar-refractivity contribution >= 4 is 21.9 Å². The molecule has 1 unspecified atom stereocenters. The largest absolute Gasteiger partial charge is 0.466 e. The molecule has 222 valence electrons. The lowest BCUT2D eigenvalue weighted by molar-refractivity contribution is -0.143. The fourth-order valence-corrected chi connectivity index (χ4v) is 7.51. The minimum absolute atomic E-state index is 0.0501. The summed E-state index contributed by atoms with van der Waals surface area (Å²) in [6.45, 7) is 2.97. The van der Waals surface area contributed by atoms with Gasteiger partial charge in [-0.3, -0.25) is 9.59 Å². The van der Waals surface area contributed by atoms with E-state index in [9.17, 15) is 18.0 Å². The Bertz CT molecular complexity index is 1450. The Morgan fingerprint density at radius 2 is 1.50 bits per heavy atom. The summed E-state index contributed by atoms with van der Waals surface area (Å²) in [5.74, 6) is -0.0382. The summed E-state index contributed by atoms with van der Waals surface area (Å²) in [5.41, 5.74) is 4.13. The van der Waals surface area contributed by atoms with Gasteiger partial charge in [0.25, 0.3) is 0 Å². The molecular weight excluding hydrogens is 548 g/mol. The first kappa shape index (κ1) is 30.0. The van der Waals surface area contributed by atoms with Crippen LogP contribution in [-0.2, 0) is 30.8 Å². The number of aryl methyl sites for hydroxylation is 1. The van der Waals surface area contributed by atoms with E-state index in [1.807, 2.05) is 59.5 Å². The number of ether oxygens (including phenoxy) is 1. The molecule has 1 aliphatic carbocycles. The van der Waals surface area contributed by atoms with Crippen LogP contribution in [0, 0.1) is 5.92 Å². The monoisotopic (exact) mass is 588 g/mol. The summed E-state index contributed by atoms with van der Waals surface area (Å²) in [7, 11) is -3.67. The van der Waals surface area contributed by atoms with Gasteiger partial charge in [-0.25, -0.2) is 13.1 Å². The van der Waals surface area contributed by atoms with Crippen LogP contribution in [0.25, 0.3) is 11.1 Å². The minimum Gasteiger partial charge on any atom is -0.466 e. The summed E-state index contributed by atoms with van der Waals surface area (Å²) < 4.78 is 34.2. The number of esters is 1. The van der Waals surface area contributed by atoms with Gasteiger partial charge in [0.2, 0.25) is 15.9 Å². The van der Waals surface area contributed by atoms with E-state index < -0.39 is 10.0 Å². The molecule has 0 aromatic heterocycles. The zero-order valence-corrected chi connectivity index (χ0v) is 25.0. The van der Waals surface area contributed by atoms with Gasteiger partial charge in [-0.05, 0) is 86.3 Å². The van der Waals surface area contributed by atoms with Gasteiger partial charge in [-0.15, -0.1) is 0 Å². The number of hydrogen-bond donors (Lipinski definition) is 1. The average molecular weight is 589 g/mol. The molecule has 5 rings (SSSR count). The van der Waals surface area contributed by atoms with E-state index in [0.29, 0.717) is 45.1 Å². The normalized spacial score (nSPS) is 20.8. The first-order chi connectivity index (χ1) is 20.3. The van der Waals surface area contributed by atoms with E-state index in [-0.39, 0.29) is 34.8 Å². The SMILES string of the molecule is CCOC(=O)CCc1ccc(-c2ccc(S(=O)(=O)NC3CCC(C(=O)N4CCCC4c4ccccc4)CC3)cc2)cc1. The lowest BCUT2D eigenvalue weighted by Gasteiger charge is -2.33. The van der Waals surface area contributed by atoms with E-state index in [1.54, 1.807) is 19.1 Å². The van der Waals surface area contributed by atoms with Gasteiger partial charge in [0.05, 0.1) is 17.5 Å². The zero-order chi connectivity index (χ0) is 29.5. The fraction of sp³-hybridized carbons (Fsp3) is 0.412. The number of nitrogens with zero attached hydrogens (tertiary/aromatic N) is 1. The van der Waals surface area contributed by atoms with Crippen LogP contribution in [0.3, 0.4) is 0 Å². The first-order valence-corrected chi connectivity index (χ1v) is 16.5. The molecule has 0 radical (unpaired) electrons. The van der Waals surface area contributed by atoms with Gasteiger partial charge >= 0.3 is 5.97 Å². The molecule has 3 aromatic carbocycles. The second-order valence-corrected chi connectivity index (χ2v) is 13.0. The molecule has 0 bridgehead atoms. The molecule has 2 fully saturated rings. The van der Waals surface area contributed by atoms with E-state index in [1.165, 1.54) is 5.56 Å². The van der Waals surface area contributed by atoms with Crippen molar-refractivity contribution in [2.75, 3.05) is 13.2 Å². The van der Waals surface area contributed by atoms with E-state index in [4.69, 9.17) is 4.74 Å². The number of likely N-dealkylation sites (tertiary alicyclic amines) is 1. The third kappa shape index (κ3) is 7.28. The minimum atomic E-state index is -3.67. The van der Waals surface area contributed by atoms with Crippen molar-refractivity contribution in [3.05, 3.63) is 90.0 Å². The van der Waals surface area contributed by atoms with Gasteiger partial charge in [0.15, 0.2) is 0 Å². The maximum Gasteiger partial charge on any atom is 0.306 e. The Balaban J connectivity index is 1.13.